The fourth-order valence-corrected chi connectivity index (χ4v) is 1.84. The Morgan fingerprint density at radius 2 is 2.20 bits per heavy atom. The molecule has 1 heterocycles. The Balaban J connectivity index is 2.29. The molecule has 0 N–H and O–H groups in total. The van der Waals surface area contributed by atoms with Crippen molar-refractivity contribution in [3.63, 3.8) is 0 Å². The van der Waals surface area contributed by atoms with E-state index < -0.39 is 0 Å². The van der Waals surface area contributed by atoms with E-state index in [0.717, 1.165) is 19.3 Å². The van der Waals surface area contributed by atoms with Crippen LogP contribution >= 0.6 is 11.3 Å². The molecule has 0 spiro atoms. The monoisotopic (exact) mass is 225 g/mol. The molecule has 0 saturated carbocycles. The van der Waals surface area contributed by atoms with Gasteiger partial charge >= 0.3 is 0 Å². The first-order valence-electron chi connectivity index (χ1n) is 5.17. The molecule has 0 aliphatic heterocycles. The van der Waals surface area contributed by atoms with Gasteiger partial charge in [-0.2, -0.15) is 0 Å². The van der Waals surface area contributed by atoms with E-state index in [-0.39, 0.29) is 18.0 Å². The number of hydrogen-bond acceptors (Lipinski definition) is 4. The van der Waals surface area contributed by atoms with Crippen LogP contribution in [0.5, 0.6) is 0 Å². The maximum absolute atomic E-state index is 11.5. The second-order valence-electron chi connectivity index (χ2n) is 3.47. The number of carbonyl (C=O) groups is 2. The Morgan fingerprint density at radius 3 is 2.80 bits per heavy atom. The van der Waals surface area contributed by atoms with Crippen molar-refractivity contribution in [3.05, 3.63) is 16.6 Å². The number of nitrogens with zero attached hydrogens (tertiary/aromatic N) is 1. The molecule has 15 heavy (non-hydrogen) atoms. The van der Waals surface area contributed by atoms with Gasteiger partial charge in [0.25, 0.3) is 0 Å². The van der Waals surface area contributed by atoms with Crippen LogP contribution in [0.4, 0.5) is 0 Å². The van der Waals surface area contributed by atoms with Crippen LogP contribution in [0.25, 0.3) is 0 Å². The van der Waals surface area contributed by atoms with E-state index in [2.05, 4.69) is 11.9 Å². The van der Waals surface area contributed by atoms with Crippen LogP contribution in [0.1, 0.15) is 49.5 Å². The summed E-state index contributed by atoms with van der Waals surface area (Å²) in [7, 11) is 0. The van der Waals surface area contributed by atoms with E-state index >= 15 is 0 Å². The Bertz CT molecular complexity index is 319. The van der Waals surface area contributed by atoms with Crippen LogP contribution in [-0.2, 0) is 4.79 Å². The fourth-order valence-electron chi connectivity index (χ4n) is 1.28. The summed E-state index contributed by atoms with van der Waals surface area (Å²) in [5.41, 5.74) is 2.03. The Kier molecular flexibility index (Phi) is 5.18. The van der Waals surface area contributed by atoms with Crippen LogP contribution in [0, 0.1) is 0 Å². The molecule has 1 aromatic heterocycles. The van der Waals surface area contributed by atoms with E-state index in [9.17, 15) is 9.59 Å². The predicted octanol–water partition coefficient (Wildman–Crippen LogP) is 2.87. The average Bonchev–Trinajstić information content (AvgIpc) is 2.70. The van der Waals surface area contributed by atoms with Gasteiger partial charge in [-0.3, -0.25) is 9.59 Å². The number of thiazole rings is 1. The first-order chi connectivity index (χ1) is 7.24. The standard InChI is InChI=1S/C11H15NO2S/c1-2-3-4-5-9(13)6-11(14)10-7-15-8-12-10/h7-8H,2-6H2,1H3. The molecule has 0 amide bonds. The summed E-state index contributed by atoms with van der Waals surface area (Å²) in [4.78, 5) is 26.7. The van der Waals surface area contributed by atoms with Crippen LogP contribution in [0.15, 0.2) is 10.9 Å². The first kappa shape index (κ1) is 12.0. The molecule has 0 aromatic carbocycles. The molecule has 0 aliphatic carbocycles. The molecule has 0 aliphatic rings. The number of ketones is 2. The number of carbonyl (C=O) groups excluding carboxylic acids is 2. The summed E-state index contributed by atoms with van der Waals surface area (Å²) < 4.78 is 0. The summed E-state index contributed by atoms with van der Waals surface area (Å²) in [6.45, 7) is 2.09. The molecule has 82 valence electrons. The van der Waals surface area contributed by atoms with E-state index in [4.69, 9.17) is 0 Å². The Morgan fingerprint density at radius 1 is 1.40 bits per heavy atom. The van der Waals surface area contributed by atoms with Gasteiger partial charge in [0.2, 0.25) is 0 Å². The third-order valence-electron chi connectivity index (χ3n) is 2.13. The lowest BCUT2D eigenvalue weighted by atomic mass is 10.1. The number of hydrogen-bond donors (Lipinski definition) is 0. The zero-order chi connectivity index (χ0) is 11.1. The molecule has 3 nitrogen and oxygen atoms in total. The minimum Gasteiger partial charge on any atom is -0.299 e. The molecule has 0 bridgehead atoms. The lowest BCUT2D eigenvalue weighted by molar-refractivity contribution is -0.118. The highest BCUT2D eigenvalue weighted by molar-refractivity contribution is 7.07. The van der Waals surface area contributed by atoms with Crippen molar-refractivity contribution in [2.45, 2.75) is 39.0 Å². The quantitative estimate of drug-likeness (QED) is 0.407. The van der Waals surface area contributed by atoms with Crippen LogP contribution in [0.3, 0.4) is 0 Å². The topological polar surface area (TPSA) is 47.0 Å². The number of aromatic nitrogens is 1. The van der Waals surface area contributed by atoms with E-state index in [1.165, 1.54) is 11.3 Å². The summed E-state index contributed by atoms with van der Waals surface area (Å²) in [5.74, 6) is -0.126. The molecule has 0 fully saturated rings. The highest BCUT2D eigenvalue weighted by Gasteiger charge is 2.12. The van der Waals surface area contributed by atoms with Gasteiger partial charge in [-0.1, -0.05) is 19.8 Å². The minimum atomic E-state index is -0.155. The summed E-state index contributed by atoms with van der Waals surface area (Å²) in [6.07, 6.45) is 3.56. The van der Waals surface area contributed by atoms with Gasteiger partial charge in [0.15, 0.2) is 5.78 Å². The van der Waals surface area contributed by atoms with Crippen LogP contribution in [-0.4, -0.2) is 16.6 Å². The van der Waals surface area contributed by atoms with Gasteiger partial charge in [0, 0.05) is 11.8 Å². The van der Waals surface area contributed by atoms with Crippen LogP contribution < -0.4 is 0 Å². The summed E-state index contributed by atoms with van der Waals surface area (Å²) in [5, 5.41) is 1.68. The van der Waals surface area contributed by atoms with Crippen molar-refractivity contribution in [2.75, 3.05) is 0 Å². The van der Waals surface area contributed by atoms with Crippen molar-refractivity contribution in [1.82, 2.24) is 4.98 Å². The van der Waals surface area contributed by atoms with Crippen molar-refractivity contribution < 1.29 is 9.59 Å². The van der Waals surface area contributed by atoms with Crippen molar-refractivity contribution in [3.8, 4) is 0 Å². The largest absolute Gasteiger partial charge is 0.299 e. The summed E-state index contributed by atoms with van der Waals surface area (Å²) in [6, 6.07) is 0. The number of rotatable bonds is 7. The molecule has 0 atom stereocenters. The third-order valence-corrected chi connectivity index (χ3v) is 2.72. The molecular weight excluding hydrogens is 210 g/mol. The van der Waals surface area contributed by atoms with Gasteiger partial charge in [-0.05, 0) is 6.42 Å². The maximum Gasteiger partial charge on any atom is 0.189 e. The van der Waals surface area contributed by atoms with Crippen molar-refractivity contribution in [2.24, 2.45) is 0 Å². The van der Waals surface area contributed by atoms with Crippen LogP contribution in [0.2, 0.25) is 0 Å². The zero-order valence-corrected chi connectivity index (χ0v) is 9.68. The van der Waals surface area contributed by atoms with Gasteiger partial charge in [0.05, 0.1) is 11.9 Å². The minimum absolute atomic E-state index is 0.00739. The Hall–Kier alpha value is -1.03. The smallest absolute Gasteiger partial charge is 0.189 e. The molecule has 0 unspecified atom stereocenters. The van der Waals surface area contributed by atoms with Gasteiger partial charge in [-0.25, -0.2) is 4.98 Å². The first-order valence-corrected chi connectivity index (χ1v) is 6.11. The fraction of sp³-hybridized carbons (Fsp3) is 0.545. The Labute approximate surface area is 93.5 Å². The maximum atomic E-state index is 11.5. The van der Waals surface area contributed by atoms with Gasteiger partial charge in [0.1, 0.15) is 11.5 Å². The lowest BCUT2D eigenvalue weighted by Crippen LogP contribution is -2.08. The highest BCUT2D eigenvalue weighted by atomic mass is 32.1. The number of unbranched alkanes of at least 4 members (excludes halogenated alkanes) is 2. The average molecular weight is 225 g/mol. The zero-order valence-electron chi connectivity index (χ0n) is 8.86. The molecule has 0 saturated heterocycles. The van der Waals surface area contributed by atoms with Gasteiger partial charge < -0.3 is 0 Å². The van der Waals surface area contributed by atoms with Crippen molar-refractivity contribution >= 4 is 22.9 Å². The van der Waals surface area contributed by atoms with E-state index in [1.807, 2.05) is 0 Å². The second-order valence-corrected chi connectivity index (χ2v) is 4.19. The lowest BCUT2D eigenvalue weighted by Gasteiger charge is -1.98. The molecule has 1 rings (SSSR count). The third kappa shape index (κ3) is 4.34. The highest BCUT2D eigenvalue weighted by Crippen LogP contribution is 2.07. The molecular formula is C11H15NO2S. The number of Topliss-reactive ketones (excluding diaryl/α,β-unsaturated/α-hetero) is 2. The van der Waals surface area contributed by atoms with Gasteiger partial charge in [-0.15, -0.1) is 11.3 Å². The van der Waals surface area contributed by atoms with E-state index in [1.54, 1.807) is 10.9 Å². The second kappa shape index (κ2) is 6.45. The SMILES string of the molecule is CCCCCC(=O)CC(=O)c1cscn1. The van der Waals surface area contributed by atoms with Crippen molar-refractivity contribution in [1.29, 1.82) is 0 Å². The van der Waals surface area contributed by atoms with E-state index in [0.29, 0.717) is 12.1 Å². The molecule has 0 radical (unpaired) electrons. The molecule has 1 aromatic rings. The predicted molar refractivity (Wildman–Crippen MR) is 60.2 cm³/mol. The normalized spacial score (nSPS) is 10.2. The summed E-state index contributed by atoms with van der Waals surface area (Å²) >= 11 is 1.37. The molecule has 4 heteroatoms.